The topological polar surface area (TPSA) is 66.8 Å². The van der Waals surface area contributed by atoms with Crippen LogP contribution in [0.3, 0.4) is 0 Å². The van der Waals surface area contributed by atoms with Crippen LogP contribution in [-0.4, -0.2) is 29.7 Å². The molecule has 0 spiro atoms. The molecular weight excluding hydrogens is 208 g/mol. The molecule has 1 aromatic rings. The Balaban J connectivity index is 3.25. The zero-order valence-electron chi connectivity index (χ0n) is 8.86. The normalized spacial score (nSPS) is 9.12. The molecule has 0 unspecified atom stereocenters. The maximum atomic E-state index is 10.7. The van der Waals surface area contributed by atoms with Gasteiger partial charge >= 0.3 is 0 Å². The zero-order valence-corrected chi connectivity index (χ0v) is 8.86. The summed E-state index contributed by atoms with van der Waals surface area (Å²) in [6.45, 7) is 1.84. The molecule has 0 aliphatic heterocycles. The van der Waals surface area contributed by atoms with Crippen LogP contribution in [-0.2, 0) is 0 Å². The van der Waals surface area contributed by atoms with Gasteiger partial charge in [0.05, 0.1) is 12.2 Å². The van der Waals surface area contributed by atoms with Crippen molar-refractivity contribution in [1.82, 2.24) is 0 Å². The Morgan fingerprint density at radius 1 is 1.50 bits per heavy atom. The molecule has 84 valence electrons. The maximum absolute atomic E-state index is 10.7. The Kier molecular flexibility index (Phi) is 4.37. The van der Waals surface area contributed by atoms with E-state index in [1.54, 1.807) is 6.92 Å². The van der Waals surface area contributed by atoms with Crippen LogP contribution in [0.2, 0.25) is 0 Å². The first kappa shape index (κ1) is 12.1. The lowest BCUT2D eigenvalue weighted by atomic mass is 10.1. The predicted octanol–water partition coefficient (Wildman–Crippen LogP) is 0.947. The number of phenolic OH excluding ortho intramolecular Hbond substituents is 1. The van der Waals surface area contributed by atoms with Crippen LogP contribution < -0.4 is 4.74 Å². The third kappa shape index (κ3) is 2.75. The molecule has 0 saturated carbocycles. The molecule has 0 bridgehead atoms. The van der Waals surface area contributed by atoms with Crippen molar-refractivity contribution in [1.29, 1.82) is 0 Å². The third-order valence-electron chi connectivity index (χ3n) is 1.84. The van der Waals surface area contributed by atoms with Gasteiger partial charge in [0.15, 0.2) is 11.5 Å². The monoisotopic (exact) mass is 220 g/mol. The van der Waals surface area contributed by atoms with E-state index in [9.17, 15) is 9.90 Å². The Hall–Kier alpha value is -1.99. The molecule has 0 saturated heterocycles. The first-order valence-corrected chi connectivity index (χ1v) is 4.77. The van der Waals surface area contributed by atoms with Crippen molar-refractivity contribution in [2.45, 2.75) is 6.92 Å². The second kappa shape index (κ2) is 5.79. The molecule has 0 radical (unpaired) electrons. The number of aromatic hydroxyl groups is 1. The lowest BCUT2D eigenvalue weighted by Gasteiger charge is -2.07. The third-order valence-corrected chi connectivity index (χ3v) is 1.84. The van der Waals surface area contributed by atoms with Gasteiger partial charge in [0, 0.05) is 5.56 Å². The predicted molar refractivity (Wildman–Crippen MR) is 58.6 cm³/mol. The number of ether oxygens (including phenoxy) is 1. The number of benzene rings is 1. The van der Waals surface area contributed by atoms with Gasteiger partial charge in [0.25, 0.3) is 0 Å². The SMILES string of the molecule is CCOc1cc(C=O)cc(C#CCO)c1O. The van der Waals surface area contributed by atoms with Gasteiger partial charge in [-0.1, -0.05) is 11.8 Å². The second-order valence-corrected chi connectivity index (χ2v) is 2.93. The van der Waals surface area contributed by atoms with Crippen molar-refractivity contribution in [2.24, 2.45) is 0 Å². The average Bonchev–Trinajstić information content (AvgIpc) is 2.30. The largest absolute Gasteiger partial charge is 0.503 e. The van der Waals surface area contributed by atoms with E-state index in [0.717, 1.165) is 0 Å². The quantitative estimate of drug-likeness (QED) is 0.588. The first-order valence-electron chi connectivity index (χ1n) is 4.77. The van der Waals surface area contributed by atoms with E-state index in [0.29, 0.717) is 18.5 Å². The highest BCUT2D eigenvalue weighted by atomic mass is 16.5. The van der Waals surface area contributed by atoms with Gasteiger partial charge < -0.3 is 14.9 Å². The molecule has 0 aliphatic rings. The van der Waals surface area contributed by atoms with Gasteiger partial charge in [-0.3, -0.25) is 4.79 Å². The number of rotatable bonds is 3. The number of aldehydes is 1. The minimum Gasteiger partial charge on any atom is -0.503 e. The summed E-state index contributed by atoms with van der Waals surface area (Å²) in [6.07, 6.45) is 0.645. The smallest absolute Gasteiger partial charge is 0.173 e. The zero-order chi connectivity index (χ0) is 12.0. The summed E-state index contributed by atoms with van der Waals surface area (Å²) in [5, 5.41) is 18.3. The Bertz CT molecular complexity index is 440. The van der Waals surface area contributed by atoms with E-state index < -0.39 is 0 Å². The minimum atomic E-state index is -0.311. The molecule has 0 amide bonds. The van der Waals surface area contributed by atoms with E-state index in [2.05, 4.69) is 11.8 Å². The van der Waals surface area contributed by atoms with Gasteiger partial charge in [0.2, 0.25) is 0 Å². The molecular formula is C12H12O4. The Labute approximate surface area is 93.5 Å². The summed E-state index contributed by atoms with van der Waals surface area (Å²) in [5.41, 5.74) is 0.630. The fourth-order valence-electron chi connectivity index (χ4n) is 1.19. The molecule has 16 heavy (non-hydrogen) atoms. The Morgan fingerprint density at radius 2 is 2.25 bits per heavy atom. The van der Waals surface area contributed by atoms with Crippen molar-refractivity contribution < 1.29 is 19.7 Å². The number of carbonyl (C=O) groups is 1. The van der Waals surface area contributed by atoms with E-state index in [1.807, 2.05) is 0 Å². The molecule has 0 atom stereocenters. The Morgan fingerprint density at radius 3 is 2.81 bits per heavy atom. The van der Waals surface area contributed by atoms with Crippen molar-refractivity contribution in [3.8, 4) is 23.3 Å². The fraction of sp³-hybridized carbons (Fsp3) is 0.250. The van der Waals surface area contributed by atoms with Crippen LogP contribution in [0.15, 0.2) is 12.1 Å². The number of hydrogen-bond acceptors (Lipinski definition) is 4. The molecule has 0 fully saturated rings. The van der Waals surface area contributed by atoms with E-state index in [1.165, 1.54) is 12.1 Å². The highest BCUT2D eigenvalue weighted by Crippen LogP contribution is 2.30. The second-order valence-electron chi connectivity index (χ2n) is 2.93. The van der Waals surface area contributed by atoms with Crippen molar-refractivity contribution in [3.63, 3.8) is 0 Å². The maximum Gasteiger partial charge on any atom is 0.173 e. The van der Waals surface area contributed by atoms with Crippen molar-refractivity contribution >= 4 is 6.29 Å². The summed E-state index contributed by atoms with van der Waals surface area (Å²) >= 11 is 0. The fourth-order valence-corrected chi connectivity index (χ4v) is 1.19. The number of hydrogen-bond donors (Lipinski definition) is 2. The van der Waals surface area contributed by atoms with Crippen LogP contribution in [0, 0.1) is 11.8 Å². The highest BCUT2D eigenvalue weighted by molar-refractivity contribution is 5.78. The minimum absolute atomic E-state index is 0.117. The van der Waals surface area contributed by atoms with E-state index in [-0.39, 0.29) is 23.7 Å². The molecule has 4 nitrogen and oxygen atoms in total. The number of carbonyl (C=O) groups excluding carboxylic acids is 1. The number of phenols is 1. The lowest BCUT2D eigenvalue weighted by Crippen LogP contribution is -1.95. The van der Waals surface area contributed by atoms with Crippen molar-refractivity contribution in [3.05, 3.63) is 23.3 Å². The highest BCUT2D eigenvalue weighted by Gasteiger charge is 2.09. The summed E-state index contributed by atoms with van der Waals surface area (Å²) in [6, 6.07) is 2.88. The molecule has 0 heterocycles. The van der Waals surface area contributed by atoms with Gasteiger partial charge in [-0.25, -0.2) is 0 Å². The summed E-state index contributed by atoms with van der Waals surface area (Å²) in [5.74, 6) is 5.05. The van der Waals surface area contributed by atoms with E-state index >= 15 is 0 Å². The molecule has 1 aromatic carbocycles. The van der Waals surface area contributed by atoms with Crippen LogP contribution >= 0.6 is 0 Å². The van der Waals surface area contributed by atoms with Gasteiger partial charge in [-0.15, -0.1) is 0 Å². The van der Waals surface area contributed by atoms with Crippen LogP contribution in [0.5, 0.6) is 11.5 Å². The van der Waals surface area contributed by atoms with Crippen molar-refractivity contribution in [2.75, 3.05) is 13.2 Å². The standard InChI is InChI=1S/C12H12O4/c1-2-16-11-7-9(8-14)6-10(12(11)15)4-3-5-13/h6-8,13,15H,2,5H2,1H3. The lowest BCUT2D eigenvalue weighted by molar-refractivity contribution is 0.112. The first-order chi connectivity index (χ1) is 7.72. The molecule has 0 aliphatic carbocycles. The van der Waals surface area contributed by atoms with Crippen LogP contribution in [0.25, 0.3) is 0 Å². The van der Waals surface area contributed by atoms with Crippen LogP contribution in [0.1, 0.15) is 22.8 Å². The summed E-state index contributed by atoms with van der Waals surface area (Å²) in [4.78, 5) is 10.7. The molecule has 4 heteroatoms. The average molecular weight is 220 g/mol. The summed E-state index contributed by atoms with van der Waals surface area (Å²) in [7, 11) is 0. The number of aliphatic hydroxyl groups excluding tert-OH is 1. The summed E-state index contributed by atoms with van der Waals surface area (Å²) < 4.78 is 5.16. The molecule has 1 rings (SSSR count). The number of aliphatic hydroxyl groups is 1. The van der Waals surface area contributed by atoms with E-state index in [4.69, 9.17) is 9.84 Å². The van der Waals surface area contributed by atoms with Crippen LogP contribution in [0.4, 0.5) is 0 Å². The van der Waals surface area contributed by atoms with Gasteiger partial charge in [-0.2, -0.15) is 0 Å². The molecule has 2 N–H and O–H groups in total. The van der Waals surface area contributed by atoms with Gasteiger partial charge in [-0.05, 0) is 19.1 Å². The van der Waals surface area contributed by atoms with Gasteiger partial charge in [0.1, 0.15) is 12.9 Å². The molecule has 0 aromatic heterocycles.